The van der Waals surface area contributed by atoms with E-state index in [1.54, 1.807) is 18.6 Å². The molecule has 2 rings (SSSR count). The number of imidazole rings is 1. The highest BCUT2D eigenvalue weighted by Crippen LogP contribution is 2.11. The van der Waals surface area contributed by atoms with Gasteiger partial charge in [0.1, 0.15) is 12.2 Å². The Morgan fingerprint density at radius 3 is 2.50 bits per heavy atom. The Balaban J connectivity index is 2.45. The molecule has 0 amide bonds. The van der Waals surface area contributed by atoms with E-state index < -0.39 is 0 Å². The fourth-order valence-electron chi connectivity index (χ4n) is 0.981. The average molecular weight is 160 g/mol. The summed E-state index contributed by atoms with van der Waals surface area (Å²) in [5, 5.41) is 0. The monoisotopic (exact) mass is 160 g/mol. The maximum atomic E-state index is 4.15. The molecule has 0 saturated heterocycles. The lowest BCUT2D eigenvalue weighted by atomic mass is 10.3. The molecule has 0 aliphatic carbocycles. The largest absolute Gasteiger partial charge is 0.342 e. The summed E-state index contributed by atoms with van der Waals surface area (Å²) in [6.45, 7) is 1.96. The Hall–Kier alpha value is -1.71. The van der Waals surface area contributed by atoms with Gasteiger partial charge in [-0.2, -0.15) is 0 Å². The Kier molecular flexibility index (Phi) is 1.59. The molecule has 2 aromatic rings. The Morgan fingerprint density at radius 2 is 1.92 bits per heavy atom. The van der Waals surface area contributed by atoms with Gasteiger partial charge >= 0.3 is 0 Å². The van der Waals surface area contributed by atoms with Crippen LogP contribution in [0.2, 0.25) is 0 Å². The second-order valence-corrected chi connectivity index (χ2v) is 2.54. The number of nitrogens with zero attached hydrogens (tertiary/aromatic N) is 3. The van der Waals surface area contributed by atoms with Crippen molar-refractivity contribution in [1.82, 2.24) is 19.9 Å². The minimum atomic E-state index is 0.813. The number of hydrogen-bond acceptors (Lipinski definition) is 3. The number of aromatic amines is 1. The molecule has 4 nitrogen and oxygen atoms in total. The number of rotatable bonds is 1. The number of H-pyrrole nitrogens is 1. The second-order valence-electron chi connectivity index (χ2n) is 2.54. The normalized spacial score (nSPS) is 10.1. The Morgan fingerprint density at radius 1 is 1.17 bits per heavy atom. The van der Waals surface area contributed by atoms with Crippen molar-refractivity contribution in [3.63, 3.8) is 0 Å². The van der Waals surface area contributed by atoms with Gasteiger partial charge in [-0.15, -0.1) is 0 Å². The molecule has 2 aromatic heterocycles. The molecule has 0 aliphatic rings. The van der Waals surface area contributed by atoms with Crippen molar-refractivity contribution in [2.75, 3.05) is 0 Å². The van der Waals surface area contributed by atoms with Crippen molar-refractivity contribution in [3.8, 4) is 11.4 Å². The molecule has 0 atom stereocenters. The molecule has 60 valence electrons. The summed E-state index contributed by atoms with van der Waals surface area (Å²) in [6, 6.07) is 0. The molecule has 0 aromatic carbocycles. The van der Waals surface area contributed by atoms with E-state index in [-0.39, 0.29) is 0 Å². The summed E-state index contributed by atoms with van der Waals surface area (Å²) in [4.78, 5) is 15.1. The summed E-state index contributed by atoms with van der Waals surface area (Å²) in [7, 11) is 0. The van der Waals surface area contributed by atoms with Gasteiger partial charge in [0.15, 0.2) is 0 Å². The van der Waals surface area contributed by atoms with Crippen molar-refractivity contribution in [2.45, 2.75) is 6.92 Å². The molecule has 0 fully saturated rings. The van der Waals surface area contributed by atoms with Crippen molar-refractivity contribution < 1.29 is 0 Å². The van der Waals surface area contributed by atoms with E-state index in [4.69, 9.17) is 0 Å². The van der Waals surface area contributed by atoms with Gasteiger partial charge in [0.2, 0.25) is 0 Å². The van der Waals surface area contributed by atoms with E-state index in [0.717, 1.165) is 17.1 Å². The minimum Gasteiger partial charge on any atom is -0.342 e. The van der Waals surface area contributed by atoms with Crippen molar-refractivity contribution in [1.29, 1.82) is 0 Å². The third-order valence-corrected chi connectivity index (χ3v) is 1.54. The van der Waals surface area contributed by atoms with Gasteiger partial charge in [-0.3, -0.25) is 0 Å². The van der Waals surface area contributed by atoms with E-state index in [0.29, 0.717) is 0 Å². The highest BCUT2D eigenvalue weighted by Gasteiger charge is 1.99. The van der Waals surface area contributed by atoms with Gasteiger partial charge in [0, 0.05) is 24.3 Å². The molecule has 0 unspecified atom stereocenters. The fraction of sp³-hybridized carbons (Fsp3) is 0.125. The van der Waals surface area contributed by atoms with Gasteiger partial charge in [0.05, 0.1) is 5.56 Å². The van der Waals surface area contributed by atoms with E-state index >= 15 is 0 Å². The molecule has 0 spiro atoms. The molecule has 0 radical (unpaired) electrons. The molecule has 0 saturated carbocycles. The van der Waals surface area contributed by atoms with Crippen LogP contribution in [0.15, 0.2) is 24.9 Å². The molecule has 0 bridgehead atoms. The first kappa shape index (κ1) is 6.97. The van der Waals surface area contributed by atoms with Crippen LogP contribution in [-0.2, 0) is 0 Å². The van der Waals surface area contributed by atoms with E-state index in [1.165, 1.54) is 6.33 Å². The van der Waals surface area contributed by atoms with Crippen LogP contribution in [0, 0.1) is 6.92 Å². The van der Waals surface area contributed by atoms with E-state index in [1.807, 2.05) is 6.92 Å². The van der Waals surface area contributed by atoms with Crippen molar-refractivity contribution >= 4 is 0 Å². The first-order valence-corrected chi connectivity index (χ1v) is 3.63. The van der Waals surface area contributed by atoms with Crippen LogP contribution in [0.4, 0.5) is 0 Å². The van der Waals surface area contributed by atoms with Crippen molar-refractivity contribution in [2.24, 2.45) is 0 Å². The standard InChI is InChI=1S/C8H8N4/c1-6-2-11-8(12-6)7-3-9-5-10-4-7/h2-5H,1H3,(H,11,12). The van der Waals surface area contributed by atoms with Crippen LogP contribution in [0.3, 0.4) is 0 Å². The zero-order chi connectivity index (χ0) is 8.39. The quantitative estimate of drug-likeness (QED) is 0.681. The topological polar surface area (TPSA) is 54.5 Å². The third-order valence-electron chi connectivity index (χ3n) is 1.54. The maximum absolute atomic E-state index is 4.15. The SMILES string of the molecule is Cc1cnc(-c2cncnc2)[nH]1. The molecule has 1 N–H and O–H groups in total. The first-order chi connectivity index (χ1) is 5.86. The molecule has 0 aliphatic heterocycles. The number of hydrogen-bond donors (Lipinski definition) is 1. The molecule has 2 heterocycles. The summed E-state index contributed by atoms with van der Waals surface area (Å²) < 4.78 is 0. The van der Waals surface area contributed by atoms with Crippen LogP contribution in [0.25, 0.3) is 11.4 Å². The predicted molar refractivity (Wildman–Crippen MR) is 44.4 cm³/mol. The second kappa shape index (κ2) is 2.73. The van der Waals surface area contributed by atoms with Crippen LogP contribution in [0.5, 0.6) is 0 Å². The van der Waals surface area contributed by atoms with E-state index in [9.17, 15) is 0 Å². The molecule has 12 heavy (non-hydrogen) atoms. The van der Waals surface area contributed by atoms with Gasteiger partial charge in [0.25, 0.3) is 0 Å². The Bertz CT molecular complexity index is 366. The summed E-state index contributed by atoms with van der Waals surface area (Å²) in [6.07, 6.45) is 6.73. The lowest BCUT2D eigenvalue weighted by Gasteiger charge is -1.92. The number of nitrogens with one attached hydrogen (secondary N) is 1. The summed E-state index contributed by atoms with van der Waals surface area (Å²) in [5.74, 6) is 0.813. The lowest BCUT2D eigenvalue weighted by Crippen LogP contribution is -1.83. The highest BCUT2D eigenvalue weighted by atomic mass is 14.9. The van der Waals surface area contributed by atoms with Crippen LogP contribution >= 0.6 is 0 Å². The van der Waals surface area contributed by atoms with Crippen LogP contribution in [0.1, 0.15) is 5.69 Å². The third kappa shape index (κ3) is 1.18. The highest BCUT2D eigenvalue weighted by molar-refractivity contribution is 5.51. The first-order valence-electron chi connectivity index (χ1n) is 3.63. The predicted octanol–water partition coefficient (Wildman–Crippen LogP) is 1.18. The van der Waals surface area contributed by atoms with Gasteiger partial charge in [-0.05, 0) is 6.92 Å². The minimum absolute atomic E-state index is 0.813. The number of aromatic nitrogens is 4. The van der Waals surface area contributed by atoms with Crippen molar-refractivity contribution in [3.05, 3.63) is 30.6 Å². The zero-order valence-electron chi connectivity index (χ0n) is 6.65. The van der Waals surface area contributed by atoms with Gasteiger partial charge in [-0.25, -0.2) is 15.0 Å². The number of aryl methyl sites for hydroxylation is 1. The smallest absolute Gasteiger partial charge is 0.140 e. The van der Waals surface area contributed by atoms with Crippen LogP contribution in [-0.4, -0.2) is 19.9 Å². The van der Waals surface area contributed by atoms with E-state index in [2.05, 4.69) is 19.9 Å². The average Bonchev–Trinajstić information content (AvgIpc) is 2.54. The molecular formula is C8H8N4. The van der Waals surface area contributed by atoms with Gasteiger partial charge in [-0.1, -0.05) is 0 Å². The lowest BCUT2D eigenvalue weighted by molar-refractivity contribution is 1.15. The Labute approximate surface area is 69.7 Å². The van der Waals surface area contributed by atoms with Crippen LogP contribution < -0.4 is 0 Å². The molecular weight excluding hydrogens is 152 g/mol. The molecule has 4 heteroatoms. The fourth-order valence-corrected chi connectivity index (χ4v) is 0.981. The summed E-state index contributed by atoms with van der Waals surface area (Å²) >= 11 is 0. The van der Waals surface area contributed by atoms with Gasteiger partial charge < -0.3 is 4.98 Å². The summed E-state index contributed by atoms with van der Waals surface area (Å²) in [5.41, 5.74) is 1.94. The maximum Gasteiger partial charge on any atom is 0.140 e. The zero-order valence-corrected chi connectivity index (χ0v) is 6.65.